The van der Waals surface area contributed by atoms with E-state index in [0.717, 1.165) is 0 Å². The highest BCUT2D eigenvalue weighted by molar-refractivity contribution is 7.80. The summed E-state index contributed by atoms with van der Waals surface area (Å²) < 4.78 is 33.9. The number of halogens is 2. The number of rotatable bonds is 5. The van der Waals surface area contributed by atoms with Crippen molar-refractivity contribution in [3.8, 4) is 11.5 Å². The first kappa shape index (κ1) is 14.9. The third-order valence-electron chi connectivity index (χ3n) is 3.14. The van der Waals surface area contributed by atoms with Crippen molar-refractivity contribution in [1.82, 2.24) is 0 Å². The summed E-state index contributed by atoms with van der Waals surface area (Å²) in [5.41, 5.74) is 0.609. The summed E-state index contributed by atoms with van der Waals surface area (Å²) in [6.07, 6.45) is 0.446. The number of hydrogen-bond acceptors (Lipinski definition) is 4. The molecule has 1 atom stereocenters. The van der Waals surface area contributed by atoms with Gasteiger partial charge >= 0.3 is 6.61 Å². The first-order chi connectivity index (χ1) is 9.55. The van der Waals surface area contributed by atoms with E-state index < -0.39 is 6.61 Å². The molecule has 2 rings (SSSR count). The number of nitrogens with zero attached hydrogens (tertiary/aromatic N) is 1. The van der Waals surface area contributed by atoms with Crippen molar-refractivity contribution in [2.45, 2.75) is 13.0 Å². The van der Waals surface area contributed by atoms with E-state index in [0.29, 0.717) is 24.4 Å². The summed E-state index contributed by atoms with van der Waals surface area (Å²) in [6.45, 7) is -2.35. The highest BCUT2D eigenvalue weighted by atomic mass is 32.1. The van der Waals surface area contributed by atoms with Gasteiger partial charge in [0.2, 0.25) is 5.91 Å². The van der Waals surface area contributed by atoms with Gasteiger partial charge in [-0.2, -0.15) is 21.4 Å². The van der Waals surface area contributed by atoms with Gasteiger partial charge in [0.1, 0.15) is 0 Å². The quantitative estimate of drug-likeness (QED) is 0.850. The molecular weight excluding hydrogens is 288 g/mol. The van der Waals surface area contributed by atoms with Crippen LogP contribution in [0.1, 0.15) is 6.42 Å². The second-order valence-corrected chi connectivity index (χ2v) is 4.84. The zero-order chi connectivity index (χ0) is 14.7. The van der Waals surface area contributed by atoms with Crippen LogP contribution in [0.15, 0.2) is 18.2 Å². The maximum atomic E-state index is 12.2. The molecule has 20 heavy (non-hydrogen) atoms. The summed E-state index contributed by atoms with van der Waals surface area (Å²) in [5, 5.41) is 0. The largest absolute Gasteiger partial charge is 0.493 e. The Bertz CT molecular complexity index is 499. The van der Waals surface area contributed by atoms with E-state index in [1.807, 2.05) is 0 Å². The Morgan fingerprint density at radius 1 is 1.45 bits per heavy atom. The Morgan fingerprint density at radius 3 is 2.75 bits per heavy atom. The molecule has 1 aromatic carbocycles. The molecule has 1 saturated heterocycles. The minimum Gasteiger partial charge on any atom is -0.493 e. The van der Waals surface area contributed by atoms with Gasteiger partial charge < -0.3 is 14.4 Å². The molecule has 1 aromatic rings. The summed E-state index contributed by atoms with van der Waals surface area (Å²) in [7, 11) is 1.36. The zero-order valence-electron chi connectivity index (χ0n) is 10.9. The molecule has 0 aliphatic carbocycles. The molecule has 0 N–H and O–H groups in total. The lowest BCUT2D eigenvalue weighted by Crippen LogP contribution is -2.24. The van der Waals surface area contributed by atoms with E-state index in [1.165, 1.54) is 19.2 Å². The number of hydrogen-bond donors (Lipinski definition) is 1. The molecule has 0 saturated carbocycles. The summed E-state index contributed by atoms with van der Waals surface area (Å²) in [6, 6.07) is 4.47. The van der Waals surface area contributed by atoms with Crippen molar-refractivity contribution in [2.75, 3.05) is 24.3 Å². The Kier molecular flexibility index (Phi) is 4.69. The fourth-order valence-corrected chi connectivity index (χ4v) is 2.42. The van der Waals surface area contributed by atoms with Crippen LogP contribution in [0, 0.1) is 5.92 Å². The lowest BCUT2D eigenvalue weighted by molar-refractivity contribution is -0.117. The Labute approximate surface area is 121 Å². The molecule has 4 nitrogen and oxygen atoms in total. The molecule has 1 aliphatic heterocycles. The van der Waals surface area contributed by atoms with Crippen LogP contribution in [0.2, 0.25) is 0 Å². The van der Waals surface area contributed by atoms with Crippen molar-refractivity contribution < 1.29 is 23.0 Å². The smallest absolute Gasteiger partial charge is 0.387 e. The molecule has 1 amide bonds. The van der Waals surface area contributed by atoms with Crippen molar-refractivity contribution in [3.63, 3.8) is 0 Å². The normalized spacial score (nSPS) is 18.8. The lowest BCUT2D eigenvalue weighted by atomic mass is 10.1. The Hall–Kier alpha value is -1.50. The standard InChI is InChI=1S/C13H15F2NO3S/c1-18-11-5-9(2-3-10(11)19-13(14)15)16-6-8(7-20)4-12(16)17/h2-3,5,8,13,20H,4,6-7H2,1H3. The molecule has 110 valence electrons. The van der Waals surface area contributed by atoms with Gasteiger partial charge in [-0.15, -0.1) is 0 Å². The fourth-order valence-electron chi connectivity index (χ4n) is 2.17. The van der Waals surface area contributed by atoms with Crippen LogP contribution in [-0.2, 0) is 4.79 Å². The van der Waals surface area contributed by atoms with Gasteiger partial charge in [0.05, 0.1) is 7.11 Å². The van der Waals surface area contributed by atoms with Crippen LogP contribution in [-0.4, -0.2) is 31.9 Å². The number of methoxy groups -OCH3 is 1. The SMILES string of the molecule is COc1cc(N2CC(CS)CC2=O)ccc1OC(F)F. The average molecular weight is 303 g/mol. The highest BCUT2D eigenvalue weighted by Crippen LogP contribution is 2.35. The van der Waals surface area contributed by atoms with E-state index >= 15 is 0 Å². The number of amides is 1. The first-order valence-corrected chi connectivity index (χ1v) is 6.72. The molecule has 1 unspecified atom stereocenters. The van der Waals surface area contributed by atoms with E-state index in [1.54, 1.807) is 11.0 Å². The number of benzene rings is 1. The van der Waals surface area contributed by atoms with Crippen molar-refractivity contribution >= 4 is 24.2 Å². The third kappa shape index (κ3) is 3.15. The summed E-state index contributed by atoms with van der Waals surface area (Å²) in [5.74, 6) is 0.947. The minimum absolute atomic E-state index is 0.00590. The highest BCUT2D eigenvalue weighted by Gasteiger charge is 2.30. The van der Waals surface area contributed by atoms with Crippen molar-refractivity contribution in [2.24, 2.45) is 5.92 Å². The lowest BCUT2D eigenvalue weighted by Gasteiger charge is -2.18. The molecule has 7 heteroatoms. The number of thiol groups is 1. The number of carbonyl (C=O) groups excluding carboxylic acids is 1. The molecule has 0 spiro atoms. The number of anilines is 1. The van der Waals surface area contributed by atoms with Gasteiger partial charge in [-0.3, -0.25) is 4.79 Å². The second kappa shape index (κ2) is 6.30. The molecular formula is C13H15F2NO3S. The summed E-state index contributed by atoms with van der Waals surface area (Å²) >= 11 is 4.20. The monoisotopic (exact) mass is 303 g/mol. The van der Waals surface area contributed by atoms with Gasteiger partial charge in [0.25, 0.3) is 0 Å². The van der Waals surface area contributed by atoms with Gasteiger partial charge in [-0.05, 0) is 23.8 Å². The Balaban J connectivity index is 2.23. The van der Waals surface area contributed by atoms with Gasteiger partial charge in [0.15, 0.2) is 11.5 Å². The van der Waals surface area contributed by atoms with Crippen LogP contribution in [0.3, 0.4) is 0 Å². The van der Waals surface area contributed by atoms with Gasteiger partial charge in [-0.25, -0.2) is 0 Å². The van der Waals surface area contributed by atoms with Gasteiger partial charge in [0, 0.05) is 24.7 Å². The first-order valence-electron chi connectivity index (χ1n) is 6.09. The van der Waals surface area contributed by atoms with E-state index in [4.69, 9.17) is 4.74 Å². The zero-order valence-corrected chi connectivity index (χ0v) is 11.8. The minimum atomic E-state index is -2.92. The topological polar surface area (TPSA) is 38.8 Å². The maximum Gasteiger partial charge on any atom is 0.387 e. The molecule has 1 heterocycles. The van der Waals surface area contributed by atoms with Crippen LogP contribution in [0.4, 0.5) is 14.5 Å². The summed E-state index contributed by atoms with van der Waals surface area (Å²) in [4.78, 5) is 13.5. The molecule has 1 aliphatic rings. The van der Waals surface area contributed by atoms with Gasteiger partial charge in [-0.1, -0.05) is 0 Å². The number of carbonyl (C=O) groups is 1. The predicted molar refractivity (Wildman–Crippen MR) is 73.9 cm³/mol. The fraction of sp³-hybridized carbons (Fsp3) is 0.462. The second-order valence-electron chi connectivity index (χ2n) is 4.47. The third-order valence-corrected chi connectivity index (χ3v) is 3.65. The molecule has 0 aromatic heterocycles. The molecule has 0 bridgehead atoms. The molecule has 1 fully saturated rings. The van der Waals surface area contributed by atoms with Crippen LogP contribution in [0.25, 0.3) is 0 Å². The molecule has 0 radical (unpaired) electrons. The Morgan fingerprint density at radius 2 is 2.20 bits per heavy atom. The van der Waals surface area contributed by atoms with Crippen LogP contribution in [0.5, 0.6) is 11.5 Å². The van der Waals surface area contributed by atoms with Crippen LogP contribution < -0.4 is 14.4 Å². The number of alkyl halides is 2. The van der Waals surface area contributed by atoms with E-state index in [9.17, 15) is 13.6 Å². The van der Waals surface area contributed by atoms with Crippen molar-refractivity contribution in [3.05, 3.63) is 18.2 Å². The average Bonchev–Trinajstić information content (AvgIpc) is 2.80. The van der Waals surface area contributed by atoms with Crippen molar-refractivity contribution in [1.29, 1.82) is 0 Å². The van der Waals surface area contributed by atoms with Crippen LogP contribution >= 0.6 is 12.6 Å². The maximum absolute atomic E-state index is 12.2. The predicted octanol–water partition coefficient (Wildman–Crippen LogP) is 2.58. The van der Waals surface area contributed by atoms with E-state index in [2.05, 4.69) is 17.4 Å². The number of ether oxygens (including phenoxy) is 2. The van der Waals surface area contributed by atoms with E-state index in [-0.39, 0.29) is 23.3 Å².